The second-order valence-corrected chi connectivity index (χ2v) is 6.51. The van der Waals surface area contributed by atoms with Crippen LogP contribution in [0.3, 0.4) is 0 Å². The topological polar surface area (TPSA) is 56.0 Å². The van der Waals surface area contributed by atoms with Gasteiger partial charge in [-0.1, -0.05) is 11.6 Å². The maximum Gasteiger partial charge on any atom is 0.282 e. The van der Waals surface area contributed by atoms with Crippen molar-refractivity contribution in [2.45, 2.75) is 0 Å². The number of fused-ring (bicyclic) bond motifs is 3. The summed E-state index contributed by atoms with van der Waals surface area (Å²) < 4.78 is 3.33. The quantitative estimate of drug-likeness (QED) is 0.556. The SMILES string of the molecule is CN(C)c1ccnc2c1c1ncn(-c3ccc(Cl)cc3)c(=O)c1n2C. The third-order valence-electron chi connectivity index (χ3n) is 4.33. The Balaban J connectivity index is 2.10. The second kappa shape index (κ2) is 5.60. The summed E-state index contributed by atoms with van der Waals surface area (Å²) in [6.07, 6.45) is 3.30. The summed E-state index contributed by atoms with van der Waals surface area (Å²) >= 11 is 5.94. The molecule has 1 aromatic carbocycles. The van der Waals surface area contributed by atoms with Gasteiger partial charge in [0.2, 0.25) is 0 Å². The molecule has 0 bridgehead atoms. The Morgan fingerprint density at radius 2 is 1.80 bits per heavy atom. The number of hydrogen-bond donors (Lipinski definition) is 0. The summed E-state index contributed by atoms with van der Waals surface area (Å²) in [5.74, 6) is 0. The van der Waals surface area contributed by atoms with Gasteiger partial charge in [-0.25, -0.2) is 9.97 Å². The lowest BCUT2D eigenvalue weighted by Gasteiger charge is -2.13. The predicted octanol–water partition coefficient (Wildman–Crippen LogP) is 2.99. The average molecular weight is 354 g/mol. The van der Waals surface area contributed by atoms with Crippen molar-refractivity contribution in [3.05, 3.63) is 58.2 Å². The van der Waals surface area contributed by atoms with Crippen LogP contribution in [-0.2, 0) is 7.05 Å². The molecule has 4 rings (SSSR count). The summed E-state index contributed by atoms with van der Waals surface area (Å²) in [4.78, 5) is 24.1. The summed E-state index contributed by atoms with van der Waals surface area (Å²) in [5, 5.41) is 1.50. The zero-order valence-electron chi connectivity index (χ0n) is 14.1. The molecule has 6 nitrogen and oxygen atoms in total. The van der Waals surface area contributed by atoms with Crippen molar-refractivity contribution in [3.63, 3.8) is 0 Å². The first-order valence-corrected chi connectivity index (χ1v) is 8.15. The Hall–Kier alpha value is -2.86. The molecule has 4 aromatic rings. The van der Waals surface area contributed by atoms with Crippen LogP contribution in [0.4, 0.5) is 5.69 Å². The van der Waals surface area contributed by atoms with Crippen molar-refractivity contribution in [1.29, 1.82) is 0 Å². The van der Waals surface area contributed by atoms with Crippen LogP contribution in [-0.4, -0.2) is 33.2 Å². The molecule has 126 valence electrons. The standard InChI is InChI=1S/C18H16ClN5O/c1-22(2)13-8-9-20-17-14(13)15-16(23(17)3)18(25)24(10-21-15)12-6-4-11(19)5-7-12/h4-10H,1-3H3. The van der Waals surface area contributed by atoms with Gasteiger partial charge in [-0.05, 0) is 30.3 Å². The molecule has 0 spiro atoms. The number of hydrogen-bond acceptors (Lipinski definition) is 4. The summed E-state index contributed by atoms with van der Waals surface area (Å²) in [7, 11) is 5.76. The highest BCUT2D eigenvalue weighted by molar-refractivity contribution is 6.30. The van der Waals surface area contributed by atoms with E-state index in [2.05, 4.69) is 9.97 Å². The molecule has 3 heterocycles. The number of benzene rings is 1. The van der Waals surface area contributed by atoms with Crippen molar-refractivity contribution in [3.8, 4) is 5.69 Å². The number of pyridine rings is 1. The van der Waals surface area contributed by atoms with Crippen molar-refractivity contribution >= 4 is 39.4 Å². The van der Waals surface area contributed by atoms with Crippen molar-refractivity contribution in [2.75, 3.05) is 19.0 Å². The highest BCUT2D eigenvalue weighted by Crippen LogP contribution is 2.31. The van der Waals surface area contributed by atoms with Gasteiger partial charge in [0.05, 0.1) is 16.8 Å². The normalized spacial score (nSPS) is 11.4. The van der Waals surface area contributed by atoms with E-state index in [0.29, 0.717) is 16.1 Å². The van der Waals surface area contributed by atoms with Gasteiger partial charge >= 0.3 is 0 Å². The average Bonchev–Trinajstić information content (AvgIpc) is 2.90. The predicted molar refractivity (Wildman–Crippen MR) is 101 cm³/mol. The number of rotatable bonds is 2. The smallest absolute Gasteiger partial charge is 0.282 e. The van der Waals surface area contributed by atoms with E-state index in [1.54, 1.807) is 41.4 Å². The summed E-state index contributed by atoms with van der Waals surface area (Å²) in [6, 6.07) is 9.02. The Bertz CT molecular complexity index is 1160. The molecule has 0 fully saturated rings. The molecule has 0 aliphatic heterocycles. The second-order valence-electron chi connectivity index (χ2n) is 6.08. The molecule has 0 radical (unpaired) electrons. The Morgan fingerprint density at radius 3 is 2.48 bits per heavy atom. The van der Waals surface area contributed by atoms with Gasteiger partial charge in [-0.2, -0.15) is 0 Å². The van der Waals surface area contributed by atoms with Crippen molar-refractivity contribution < 1.29 is 0 Å². The van der Waals surface area contributed by atoms with E-state index >= 15 is 0 Å². The maximum atomic E-state index is 13.1. The van der Waals surface area contributed by atoms with Crippen molar-refractivity contribution in [1.82, 2.24) is 19.1 Å². The third-order valence-corrected chi connectivity index (χ3v) is 4.59. The molecule has 0 saturated heterocycles. The van der Waals surface area contributed by atoms with Crippen molar-refractivity contribution in [2.24, 2.45) is 7.05 Å². The number of nitrogens with zero attached hydrogens (tertiary/aromatic N) is 5. The molecule has 25 heavy (non-hydrogen) atoms. The lowest BCUT2D eigenvalue weighted by atomic mass is 10.2. The largest absolute Gasteiger partial charge is 0.377 e. The lowest BCUT2D eigenvalue weighted by Crippen LogP contribution is -2.20. The molecular formula is C18H16ClN5O. The van der Waals surface area contributed by atoms with E-state index in [1.807, 2.05) is 32.1 Å². The molecule has 0 amide bonds. The molecule has 0 atom stereocenters. The van der Waals surface area contributed by atoms with Gasteiger partial charge < -0.3 is 9.47 Å². The zero-order valence-corrected chi connectivity index (χ0v) is 14.8. The maximum absolute atomic E-state index is 13.1. The van der Waals surface area contributed by atoms with E-state index < -0.39 is 0 Å². The Labute approximate surface area is 148 Å². The molecule has 0 N–H and O–H groups in total. The van der Waals surface area contributed by atoms with Crippen LogP contribution in [0, 0.1) is 0 Å². The fourth-order valence-electron chi connectivity index (χ4n) is 3.12. The minimum atomic E-state index is -0.141. The fourth-order valence-corrected chi connectivity index (χ4v) is 3.24. The fraction of sp³-hybridized carbons (Fsp3) is 0.167. The molecule has 3 aromatic heterocycles. The van der Waals surface area contributed by atoms with Gasteiger partial charge in [-0.15, -0.1) is 0 Å². The van der Waals surface area contributed by atoms with E-state index in [9.17, 15) is 4.79 Å². The molecule has 0 aliphatic carbocycles. The van der Waals surface area contributed by atoms with Gasteiger partial charge in [0.1, 0.15) is 23.0 Å². The van der Waals surface area contributed by atoms with Crippen LogP contribution in [0.15, 0.2) is 47.7 Å². The Morgan fingerprint density at radius 1 is 1.08 bits per heavy atom. The van der Waals surface area contributed by atoms with Gasteiger partial charge in [-0.3, -0.25) is 9.36 Å². The van der Waals surface area contributed by atoms with Crippen LogP contribution in [0.2, 0.25) is 5.02 Å². The Kier molecular flexibility index (Phi) is 3.51. The van der Waals surface area contributed by atoms with E-state index in [1.165, 1.54) is 4.57 Å². The van der Waals surface area contributed by atoms with Crippen LogP contribution >= 0.6 is 11.6 Å². The minimum Gasteiger partial charge on any atom is -0.377 e. The van der Waals surface area contributed by atoms with Gasteiger partial charge in [0.15, 0.2) is 0 Å². The van der Waals surface area contributed by atoms with E-state index in [-0.39, 0.29) is 5.56 Å². The van der Waals surface area contributed by atoms with Crippen LogP contribution in [0.1, 0.15) is 0 Å². The first kappa shape index (κ1) is 15.7. The molecule has 7 heteroatoms. The highest BCUT2D eigenvalue weighted by atomic mass is 35.5. The molecule has 0 unspecified atom stereocenters. The van der Waals surface area contributed by atoms with Crippen LogP contribution < -0.4 is 10.5 Å². The molecular weight excluding hydrogens is 338 g/mol. The van der Waals surface area contributed by atoms with Crippen LogP contribution in [0.5, 0.6) is 0 Å². The first-order chi connectivity index (χ1) is 12.0. The van der Waals surface area contributed by atoms with Gasteiger partial charge in [0, 0.05) is 32.4 Å². The van der Waals surface area contributed by atoms with E-state index in [0.717, 1.165) is 22.4 Å². The van der Waals surface area contributed by atoms with E-state index in [4.69, 9.17) is 11.6 Å². The summed E-state index contributed by atoms with van der Waals surface area (Å²) in [6.45, 7) is 0. The van der Waals surface area contributed by atoms with Gasteiger partial charge in [0.25, 0.3) is 5.56 Å². The first-order valence-electron chi connectivity index (χ1n) is 7.77. The monoisotopic (exact) mass is 353 g/mol. The third kappa shape index (κ3) is 2.29. The molecule has 0 saturated carbocycles. The van der Waals surface area contributed by atoms with Crippen LogP contribution in [0.25, 0.3) is 27.8 Å². The lowest BCUT2D eigenvalue weighted by molar-refractivity contribution is 0.920. The number of aryl methyl sites for hydroxylation is 1. The zero-order chi connectivity index (χ0) is 17.7. The molecule has 0 aliphatic rings. The number of halogens is 1. The minimum absolute atomic E-state index is 0.141. The number of aromatic nitrogens is 4. The number of anilines is 1. The summed E-state index contributed by atoms with van der Waals surface area (Å²) in [5.41, 5.74) is 3.47. The highest BCUT2D eigenvalue weighted by Gasteiger charge is 2.19.